The molecule has 0 spiro atoms. The van der Waals surface area contributed by atoms with Gasteiger partial charge in [-0.2, -0.15) is 0 Å². The summed E-state index contributed by atoms with van der Waals surface area (Å²) in [5.41, 5.74) is 1.73. The topological polar surface area (TPSA) is 60.8 Å². The van der Waals surface area contributed by atoms with Gasteiger partial charge in [0.15, 0.2) is 0 Å². The average molecular weight is 393 g/mol. The van der Waals surface area contributed by atoms with Crippen molar-refractivity contribution in [3.63, 3.8) is 0 Å². The number of aromatic hydroxyl groups is 2. The Morgan fingerprint density at radius 1 is 0.567 bits per heavy atom. The maximum atomic E-state index is 13.7. The highest BCUT2D eigenvalue weighted by atomic mass is 16.3. The molecule has 0 unspecified atom stereocenters. The van der Waals surface area contributed by atoms with E-state index >= 15 is 0 Å². The van der Waals surface area contributed by atoms with Gasteiger partial charge in [-0.05, 0) is 30.3 Å². The summed E-state index contributed by atoms with van der Waals surface area (Å²) in [6.07, 6.45) is 0. The molecule has 1 heterocycles. The van der Waals surface area contributed by atoms with Crippen molar-refractivity contribution in [2.75, 3.05) is 4.90 Å². The zero-order valence-electron chi connectivity index (χ0n) is 16.1. The summed E-state index contributed by atoms with van der Waals surface area (Å²) in [5.74, 6) is -0.0966. The number of amides is 1. The van der Waals surface area contributed by atoms with E-state index in [4.69, 9.17) is 0 Å². The summed E-state index contributed by atoms with van der Waals surface area (Å²) < 4.78 is 0. The third kappa shape index (κ3) is 2.37. The Hall–Kier alpha value is -4.05. The Morgan fingerprint density at radius 2 is 1.03 bits per heavy atom. The smallest absolute Gasteiger partial charge is 0.260 e. The lowest BCUT2D eigenvalue weighted by Gasteiger charge is -2.41. The molecule has 0 saturated heterocycles. The molecule has 1 aliphatic rings. The van der Waals surface area contributed by atoms with Crippen LogP contribution in [0, 0.1) is 0 Å². The van der Waals surface area contributed by atoms with Gasteiger partial charge in [-0.25, -0.2) is 0 Å². The standard InChI is InChI=1S/C26H19NO3/c28-23-16-8-6-14-21(23)26(22-15-7-9-17-24(22)29)20-13-5-4-12-19(20)25(30)27(26)18-10-2-1-3-11-18/h1-17,28-29H. The molecule has 1 aliphatic heterocycles. The molecule has 1 amide bonds. The molecule has 30 heavy (non-hydrogen) atoms. The van der Waals surface area contributed by atoms with Gasteiger partial charge in [-0.15, -0.1) is 0 Å². The van der Waals surface area contributed by atoms with Crippen LogP contribution in [0.2, 0.25) is 0 Å². The van der Waals surface area contributed by atoms with E-state index < -0.39 is 5.54 Å². The Morgan fingerprint density at radius 3 is 1.60 bits per heavy atom. The van der Waals surface area contributed by atoms with E-state index in [-0.39, 0.29) is 17.4 Å². The second-order valence-electron chi connectivity index (χ2n) is 7.27. The van der Waals surface area contributed by atoms with E-state index in [1.165, 1.54) is 0 Å². The van der Waals surface area contributed by atoms with E-state index in [1.54, 1.807) is 47.4 Å². The second kappa shape index (κ2) is 6.78. The quantitative estimate of drug-likeness (QED) is 0.512. The summed E-state index contributed by atoms with van der Waals surface area (Å²) in [7, 11) is 0. The Labute approximate surface area is 174 Å². The number of benzene rings is 4. The molecule has 4 aromatic carbocycles. The maximum absolute atomic E-state index is 13.7. The minimum absolute atomic E-state index is 0.0474. The molecular formula is C26H19NO3. The van der Waals surface area contributed by atoms with Crippen molar-refractivity contribution < 1.29 is 15.0 Å². The van der Waals surface area contributed by atoms with Crippen LogP contribution in [0.4, 0.5) is 5.69 Å². The molecular weight excluding hydrogens is 374 g/mol. The molecule has 0 radical (unpaired) electrons. The van der Waals surface area contributed by atoms with Crippen LogP contribution in [-0.2, 0) is 5.54 Å². The number of hydrogen-bond donors (Lipinski definition) is 2. The van der Waals surface area contributed by atoms with Crippen LogP contribution in [0.15, 0.2) is 103 Å². The lowest BCUT2D eigenvalue weighted by Crippen LogP contribution is -2.46. The molecule has 0 bridgehead atoms. The number of carbonyl (C=O) groups is 1. The third-order valence-electron chi connectivity index (χ3n) is 5.69. The van der Waals surface area contributed by atoms with Gasteiger partial charge in [0.2, 0.25) is 0 Å². The van der Waals surface area contributed by atoms with Crippen LogP contribution in [0.25, 0.3) is 0 Å². The van der Waals surface area contributed by atoms with Crippen LogP contribution in [0.5, 0.6) is 11.5 Å². The van der Waals surface area contributed by atoms with Crippen LogP contribution < -0.4 is 4.90 Å². The van der Waals surface area contributed by atoms with Crippen molar-refractivity contribution in [2.24, 2.45) is 0 Å². The first-order valence-electron chi connectivity index (χ1n) is 9.71. The van der Waals surface area contributed by atoms with Gasteiger partial charge in [-0.1, -0.05) is 72.8 Å². The van der Waals surface area contributed by atoms with Gasteiger partial charge < -0.3 is 10.2 Å². The second-order valence-corrected chi connectivity index (χ2v) is 7.27. The van der Waals surface area contributed by atoms with E-state index in [2.05, 4.69) is 0 Å². The molecule has 2 N–H and O–H groups in total. The normalized spacial score (nSPS) is 14.5. The number of hydrogen-bond acceptors (Lipinski definition) is 3. The number of anilines is 1. The van der Waals surface area contributed by atoms with Gasteiger partial charge >= 0.3 is 0 Å². The van der Waals surface area contributed by atoms with E-state index in [1.807, 2.05) is 60.7 Å². The highest BCUT2D eigenvalue weighted by Crippen LogP contribution is 2.54. The number of phenolic OH excluding ortho intramolecular Hbond substituents is 2. The maximum Gasteiger partial charge on any atom is 0.260 e. The number of rotatable bonds is 3. The van der Waals surface area contributed by atoms with Gasteiger partial charge in [0.1, 0.15) is 17.0 Å². The number of phenols is 2. The minimum atomic E-state index is -1.23. The van der Waals surface area contributed by atoms with Crippen molar-refractivity contribution in [1.82, 2.24) is 0 Å². The first-order chi connectivity index (χ1) is 14.7. The first-order valence-corrected chi connectivity index (χ1v) is 9.71. The molecule has 4 aromatic rings. The van der Waals surface area contributed by atoms with Crippen molar-refractivity contribution >= 4 is 11.6 Å². The van der Waals surface area contributed by atoms with E-state index in [9.17, 15) is 15.0 Å². The molecule has 4 nitrogen and oxygen atoms in total. The predicted octanol–water partition coefficient (Wildman–Crippen LogP) is 5.05. The van der Waals surface area contributed by atoms with Gasteiger partial charge in [0.25, 0.3) is 5.91 Å². The Balaban J connectivity index is 1.98. The summed E-state index contributed by atoms with van der Waals surface area (Å²) in [6.45, 7) is 0. The van der Waals surface area contributed by atoms with Crippen molar-refractivity contribution in [3.8, 4) is 11.5 Å². The monoisotopic (exact) mass is 393 g/mol. The summed E-state index contributed by atoms with van der Waals surface area (Å²) in [6, 6.07) is 30.6. The summed E-state index contributed by atoms with van der Waals surface area (Å²) in [5, 5.41) is 21.9. The summed E-state index contributed by atoms with van der Waals surface area (Å²) in [4.78, 5) is 15.4. The zero-order valence-corrected chi connectivity index (χ0v) is 16.1. The van der Waals surface area contributed by atoms with Crippen molar-refractivity contribution in [3.05, 3.63) is 125 Å². The number of nitrogens with zero attached hydrogens (tertiary/aromatic N) is 1. The first kappa shape index (κ1) is 18.0. The zero-order chi connectivity index (χ0) is 20.7. The number of para-hydroxylation sites is 3. The van der Waals surface area contributed by atoms with Crippen LogP contribution in [0.3, 0.4) is 0 Å². The predicted molar refractivity (Wildman–Crippen MR) is 116 cm³/mol. The molecule has 0 fully saturated rings. The third-order valence-corrected chi connectivity index (χ3v) is 5.69. The highest BCUT2D eigenvalue weighted by molar-refractivity contribution is 6.14. The lowest BCUT2D eigenvalue weighted by molar-refractivity contribution is 0.0986. The van der Waals surface area contributed by atoms with Gasteiger partial charge in [0.05, 0.1) is 0 Å². The minimum Gasteiger partial charge on any atom is -0.508 e. The molecule has 0 atom stereocenters. The number of carbonyl (C=O) groups excluding carboxylic acids is 1. The molecule has 0 aromatic heterocycles. The van der Waals surface area contributed by atoms with E-state index in [0.29, 0.717) is 27.9 Å². The van der Waals surface area contributed by atoms with Gasteiger partial charge in [-0.3, -0.25) is 9.69 Å². The number of fused-ring (bicyclic) bond motifs is 1. The molecule has 0 saturated carbocycles. The molecule has 146 valence electrons. The van der Waals surface area contributed by atoms with E-state index in [0.717, 1.165) is 0 Å². The fraction of sp³-hybridized carbons (Fsp3) is 0.0385. The SMILES string of the molecule is O=C1c2ccccc2C(c2ccccc2O)(c2ccccc2O)N1c1ccccc1. The van der Waals surface area contributed by atoms with Crippen molar-refractivity contribution in [2.45, 2.75) is 5.54 Å². The largest absolute Gasteiger partial charge is 0.508 e. The van der Waals surface area contributed by atoms with Crippen LogP contribution >= 0.6 is 0 Å². The molecule has 4 heteroatoms. The van der Waals surface area contributed by atoms with Crippen LogP contribution in [0.1, 0.15) is 27.0 Å². The fourth-order valence-electron chi connectivity index (χ4n) is 4.50. The summed E-state index contributed by atoms with van der Waals surface area (Å²) >= 11 is 0. The van der Waals surface area contributed by atoms with Crippen molar-refractivity contribution in [1.29, 1.82) is 0 Å². The average Bonchev–Trinajstić information content (AvgIpc) is 3.04. The lowest BCUT2D eigenvalue weighted by atomic mass is 9.76. The van der Waals surface area contributed by atoms with Gasteiger partial charge in [0, 0.05) is 27.9 Å². The Kier molecular flexibility index (Phi) is 4.07. The fourth-order valence-corrected chi connectivity index (χ4v) is 4.50. The highest BCUT2D eigenvalue weighted by Gasteiger charge is 2.54. The molecule has 5 rings (SSSR count). The van der Waals surface area contributed by atoms with Crippen LogP contribution in [-0.4, -0.2) is 16.1 Å². The molecule has 0 aliphatic carbocycles. The Bertz CT molecular complexity index is 1200.